The van der Waals surface area contributed by atoms with Crippen molar-refractivity contribution in [3.63, 3.8) is 0 Å². The number of thiazole rings is 1. The highest BCUT2D eigenvalue weighted by Gasteiger charge is 2.21. The fraction of sp³-hybridized carbons (Fsp3) is 0.227. The lowest BCUT2D eigenvalue weighted by Gasteiger charge is -2.14. The molecule has 0 unspecified atom stereocenters. The summed E-state index contributed by atoms with van der Waals surface area (Å²) in [6.07, 6.45) is 1.33. The van der Waals surface area contributed by atoms with Crippen LogP contribution in [0, 0.1) is 0 Å². The van der Waals surface area contributed by atoms with Crippen LogP contribution in [0.2, 0.25) is 5.15 Å². The topological polar surface area (TPSA) is 89.9 Å². The second-order valence-electron chi connectivity index (χ2n) is 7.37. The first-order valence-corrected chi connectivity index (χ1v) is 11.0. The molecule has 0 aliphatic heterocycles. The number of halogens is 3. The maximum atomic E-state index is 13.3. The smallest absolute Gasteiger partial charge is 0.280 e. The molecular formula is C22H18ClF2N5O2S. The minimum atomic E-state index is -2.80. The van der Waals surface area contributed by atoms with Gasteiger partial charge in [0.2, 0.25) is 0 Å². The van der Waals surface area contributed by atoms with Gasteiger partial charge in [-0.1, -0.05) is 36.8 Å². The molecule has 0 aromatic carbocycles. The van der Waals surface area contributed by atoms with Crippen LogP contribution in [0.15, 0.2) is 36.8 Å². The first kappa shape index (κ1) is 22.9. The van der Waals surface area contributed by atoms with Gasteiger partial charge in [-0.25, -0.2) is 18.7 Å². The highest BCUT2D eigenvalue weighted by Crippen LogP contribution is 2.36. The van der Waals surface area contributed by atoms with E-state index in [2.05, 4.69) is 25.3 Å². The third-order valence-corrected chi connectivity index (χ3v) is 5.99. The molecule has 4 aromatic rings. The first-order valence-electron chi connectivity index (χ1n) is 9.82. The number of nitrogens with zero attached hydrogens (tertiary/aromatic N) is 4. The molecule has 4 aromatic heterocycles. The standard InChI is InChI=1S/C22H18ClF2N5O2S/c1-10(2)14-6-18-16(8-26-14)29-22(33-18)30-21(31)13-7-28-19(23)5-11(13)12-4-15(20(24)25)27-9-17(12)32-3/h4-10,20H,1-3H3,(H,29,30,31). The Morgan fingerprint density at radius 2 is 1.82 bits per heavy atom. The molecule has 0 saturated carbocycles. The molecule has 0 bridgehead atoms. The lowest BCUT2D eigenvalue weighted by atomic mass is 10.0. The molecule has 0 aliphatic carbocycles. The van der Waals surface area contributed by atoms with Crippen molar-refractivity contribution >= 4 is 44.2 Å². The number of hydrogen-bond acceptors (Lipinski definition) is 7. The zero-order valence-corrected chi connectivity index (χ0v) is 19.3. The molecule has 11 heteroatoms. The molecule has 170 valence electrons. The molecule has 4 heterocycles. The van der Waals surface area contributed by atoms with Crippen molar-refractivity contribution in [2.24, 2.45) is 0 Å². The summed E-state index contributed by atoms with van der Waals surface area (Å²) in [5.74, 6) is -0.0589. The molecule has 4 rings (SSSR count). The number of hydrogen-bond donors (Lipinski definition) is 1. The summed E-state index contributed by atoms with van der Waals surface area (Å²) < 4.78 is 32.7. The van der Waals surface area contributed by atoms with Gasteiger partial charge in [-0.15, -0.1) is 0 Å². The molecular weight excluding hydrogens is 472 g/mol. The zero-order valence-electron chi connectivity index (χ0n) is 17.8. The largest absolute Gasteiger partial charge is 0.494 e. The normalized spacial score (nSPS) is 11.4. The van der Waals surface area contributed by atoms with Crippen LogP contribution in [-0.2, 0) is 0 Å². The van der Waals surface area contributed by atoms with Crippen LogP contribution in [-0.4, -0.2) is 33.0 Å². The van der Waals surface area contributed by atoms with Crippen LogP contribution in [0.4, 0.5) is 13.9 Å². The quantitative estimate of drug-likeness (QED) is 0.328. The first-order chi connectivity index (χ1) is 15.8. The second kappa shape index (κ2) is 9.32. The van der Waals surface area contributed by atoms with E-state index in [4.69, 9.17) is 16.3 Å². The molecule has 0 radical (unpaired) electrons. The van der Waals surface area contributed by atoms with Gasteiger partial charge in [0.1, 0.15) is 22.1 Å². The van der Waals surface area contributed by atoms with E-state index in [-0.39, 0.29) is 33.5 Å². The van der Waals surface area contributed by atoms with Gasteiger partial charge in [0.15, 0.2) is 5.13 Å². The number of rotatable bonds is 6. The zero-order chi connectivity index (χ0) is 23.7. The van der Waals surface area contributed by atoms with E-state index in [1.54, 1.807) is 6.20 Å². The van der Waals surface area contributed by atoms with Crippen LogP contribution in [0.5, 0.6) is 5.75 Å². The molecule has 33 heavy (non-hydrogen) atoms. The molecule has 0 atom stereocenters. The van der Waals surface area contributed by atoms with Crippen molar-refractivity contribution in [3.8, 4) is 16.9 Å². The number of carbonyl (C=O) groups is 1. The maximum Gasteiger partial charge on any atom is 0.280 e. The van der Waals surface area contributed by atoms with Crippen LogP contribution < -0.4 is 10.1 Å². The number of pyridine rings is 3. The summed E-state index contributed by atoms with van der Waals surface area (Å²) >= 11 is 7.37. The van der Waals surface area contributed by atoms with Gasteiger partial charge in [-0.2, -0.15) is 0 Å². The van der Waals surface area contributed by atoms with E-state index in [1.807, 2.05) is 19.9 Å². The number of ether oxygens (including phenoxy) is 1. The Labute approximate surface area is 196 Å². The van der Waals surface area contributed by atoms with Crippen LogP contribution in [0.25, 0.3) is 21.3 Å². The van der Waals surface area contributed by atoms with Gasteiger partial charge in [-0.3, -0.25) is 20.1 Å². The fourth-order valence-corrected chi connectivity index (χ4v) is 4.20. The summed E-state index contributed by atoms with van der Waals surface area (Å²) in [5, 5.41) is 3.21. The van der Waals surface area contributed by atoms with Gasteiger partial charge >= 0.3 is 0 Å². The molecule has 7 nitrogen and oxygen atoms in total. The number of aromatic nitrogens is 4. The van der Waals surface area contributed by atoms with E-state index in [0.717, 1.165) is 10.4 Å². The van der Waals surface area contributed by atoms with Gasteiger partial charge in [-0.05, 0) is 24.1 Å². The molecule has 0 fully saturated rings. The summed E-state index contributed by atoms with van der Waals surface area (Å²) in [6.45, 7) is 4.08. The Balaban J connectivity index is 1.73. The van der Waals surface area contributed by atoms with E-state index >= 15 is 0 Å². The van der Waals surface area contributed by atoms with Gasteiger partial charge in [0, 0.05) is 23.0 Å². The predicted octanol–water partition coefficient (Wildman–Crippen LogP) is 6.12. The Hall–Kier alpha value is -3.24. The van der Waals surface area contributed by atoms with E-state index < -0.39 is 18.0 Å². The van der Waals surface area contributed by atoms with Crippen molar-refractivity contribution in [2.45, 2.75) is 26.2 Å². The average molecular weight is 490 g/mol. The minimum Gasteiger partial charge on any atom is -0.494 e. The van der Waals surface area contributed by atoms with Crippen molar-refractivity contribution in [1.29, 1.82) is 0 Å². The van der Waals surface area contributed by atoms with Crippen molar-refractivity contribution in [2.75, 3.05) is 12.4 Å². The SMILES string of the molecule is COc1cnc(C(F)F)cc1-c1cc(Cl)ncc1C(=O)Nc1nc2cnc(C(C)C)cc2s1. The van der Waals surface area contributed by atoms with Crippen LogP contribution >= 0.6 is 22.9 Å². The van der Waals surface area contributed by atoms with E-state index in [0.29, 0.717) is 10.6 Å². The predicted molar refractivity (Wildman–Crippen MR) is 123 cm³/mol. The Morgan fingerprint density at radius 1 is 1.06 bits per heavy atom. The number of alkyl halides is 2. The molecule has 0 saturated heterocycles. The van der Waals surface area contributed by atoms with E-state index in [1.165, 1.54) is 43.0 Å². The summed E-state index contributed by atoms with van der Waals surface area (Å²) in [4.78, 5) is 29.6. The average Bonchev–Trinajstić information content (AvgIpc) is 3.19. The summed E-state index contributed by atoms with van der Waals surface area (Å²) in [7, 11) is 1.38. The van der Waals surface area contributed by atoms with Gasteiger partial charge in [0.25, 0.3) is 12.3 Å². The summed E-state index contributed by atoms with van der Waals surface area (Å²) in [5.41, 5.74) is 1.76. The van der Waals surface area contributed by atoms with Gasteiger partial charge < -0.3 is 4.74 Å². The number of methoxy groups -OCH3 is 1. The Morgan fingerprint density at radius 3 is 2.52 bits per heavy atom. The van der Waals surface area contributed by atoms with Gasteiger partial charge in [0.05, 0.1) is 29.8 Å². The van der Waals surface area contributed by atoms with E-state index in [9.17, 15) is 13.6 Å². The van der Waals surface area contributed by atoms with Crippen molar-refractivity contribution in [1.82, 2.24) is 19.9 Å². The lowest BCUT2D eigenvalue weighted by molar-refractivity contribution is 0.102. The number of anilines is 1. The maximum absolute atomic E-state index is 13.3. The van der Waals surface area contributed by atoms with Crippen molar-refractivity contribution < 1.29 is 18.3 Å². The highest BCUT2D eigenvalue weighted by atomic mass is 35.5. The second-order valence-corrected chi connectivity index (χ2v) is 8.79. The fourth-order valence-electron chi connectivity index (χ4n) is 3.17. The highest BCUT2D eigenvalue weighted by molar-refractivity contribution is 7.22. The summed E-state index contributed by atoms with van der Waals surface area (Å²) in [6, 6.07) is 4.53. The lowest BCUT2D eigenvalue weighted by Crippen LogP contribution is -2.14. The molecule has 0 spiro atoms. The third kappa shape index (κ3) is 4.76. The third-order valence-electron chi connectivity index (χ3n) is 4.85. The number of fused-ring (bicyclic) bond motifs is 1. The molecule has 0 aliphatic rings. The Kier molecular flexibility index (Phi) is 6.48. The molecule has 1 N–H and O–H groups in total. The van der Waals surface area contributed by atoms with Crippen LogP contribution in [0.1, 0.15) is 47.9 Å². The number of carbonyl (C=O) groups excluding carboxylic acids is 1. The monoisotopic (exact) mass is 489 g/mol. The number of nitrogens with one attached hydrogen (secondary N) is 1. The van der Waals surface area contributed by atoms with Crippen LogP contribution in [0.3, 0.4) is 0 Å². The Bertz CT molecular complexity index is 1350. The number of amides is 1. The minimum absolute atomic E-state index is 0.0892. The molecule has 1 amide bonds. The van der Waals surface area contributed by atoms with Crippen molar-refractivity contribution in [3.05, 3.63) is 58.9 Å².